The summed E-state index contributed by atoms with van der Waals surface area (Å²) in [5, 5.41) is 9.15. The number of unbranched alkanes of at least 4 members (excludes halogenated alkanes) is 1. The molecular weight excluding hydrogens is 238 g/mol. The zero-order valence-corrected chi connectivity index (χ0v) is 12.6. The number of rotatable bonds is 6. The second-order valence-electron chi connectivity index (χ2n) is 6.90. The molecule has 0 aromatic rings. The number of aliphatic hydroxyl groups is 1. The predicted octanol–water partition coefficient (Wildman–Crippen LogP) is 1.03. The lowest BCUT2D eigenvalue weighted by atomic mass is 9.97. The molecule has 19 heavy (non-hydrogen) atoms. The fourth-order valence-electron chi connectivity index (χ4n) is 3.48. The van der Waals surface area contributed by atoms with Crippen molar-refractivity contribution in [2.75, 3.05) is 32.8 Å². The van der Waals surface area contributed by atoms with Gasteiger partial charge in [0.15, 0.2) is 0 Å². The highest BCUT2D eigenvalue weighted by atomic mass is 16.3. The SMILES string of the molecule is CC1CN2CCCC2CN1CCCCC(C)(N)CO. The molecule has 3 atom stereocenters. The molecule has 3 unspecified atom stereocenters. The Labute approximate surface area is 117 Å². The van der Waals surface area contributed by atoms with Crippen LogP contribution in [0.4, 0.5) is 0 Å². The number of hydrogen-bond acceptors (Lipinski definition) is 4. The van der Waals surface area contributed by atoms with E-state index in [1.165, 1.54) is 45.4 Å². The van der Waals surface area contributed by atoms with Crippen LogP contribution in [0.5, 0.6) is 0 Å². The van der Waals surface area contributed by atoms with E-state index in [0.717, 1.165) is 18.9 Å². The monoisotopic (exact) mass is 269 g/mol. The maximum absolute atomic E-state index is 9.15. The van der Waals surface area contributed by atoms with E-state index in [1.807, 2.05) is 6.92 Å². The largest absolute Gasteiger partial charge is 0.394 e. The van der Waals surface area contributed by atoms with Crippen molar-refractivity contribution in [1.29, 1.82) is 0 Å². The quantitative estimate of drug-likeness (QED) is 0.707. The molecule has 2 saturated heterocycles. The highest BCUT2D eigenvalue weighted by molar-refractivity contribution is 4.90. The van der Waals surface area contributed by atoms with Crippen molar-refractivity contribution in [3.63, 3.8) is 0 Å². The molecule has 0 aromatic heterocycles. The average molecular weight is 269 g/mol. The third-order valence-corrected chi connectivity index (χ3v) is 4.87. The van der Waals surface area contributed by atoms with Crippen molar-refractivity contribution < 1.29 is 5.11 Å². The van der Waals surface area contributed by atoms with E-state index in [1.54, 1.807) is 0 Å². The molecule has 0 saturated carbocycles. The molecule has 2 aliphatic heterocycles. The minimum atomic E-state index is -0.393. The minimum absolute atomic E-state index is 0.0875. The Morgan fingerprint density at radius 3 is 2.84 bits per heavy atom. The van der Waals surface area contributed by atoms with E-state index in [2.05, 4.69) is 16.7 Å². The Morgan fingerprint density at radius 2 is 2.11 bits per heavy atom. The summed E-state index contributed by atoms with van der Waals surface area (Å²) in [7, 11) is 0. The van der Waals surface area contributed by atoms with Crippen LogP contribution in [0.3, 0.4) is 0 Å². The highest BCUT2D eigenvalue weighted by Gasteiger charge is 2.33. The van der Waals surface area contributed by atoms with Gasteiger partial charge in [0, 0.05) is 30.7 Å². The first-order valence-corrected chi connectivity index (χ1v) is 7.90. The number of nitrogens with two attached hydrogens (primary N) is 1. The smallest absolute Gasteiger partial charge is 0.0608 e. The summed E-state index contributed by atoms with van der Waals surface area (Å²) in [5.41, 5.74) is 5.57. The second-order valence-corrected chi connectivity index (χ2v) is 6.90. The first-order valence-electron chi connectivity index (χ1n) is 7.90. The Morgan fingerprint density at radius 1 is 1.32 bits per heavy atom. The summed E-state index contributed by atoms with van der Waals surface area (Å²) >= 11 is 0. The molecule has 0 aliphatic carbocycles. The van der Waals surface area contributed by atoms with Gasteiger partial charge < -0.3 is 10.8 Å². The highest BCUT2D eigenvalue weighted by Crippen LogP contribution is 2.24. The summed E-state index contributed by atoms with van der Waals surface area (Å²) in [6.45, 7) is 9.38. The van der Waals surface area contributed by atoms with E-state index in [0.29, 0.717) is 6.04 Å². The van der Waals surface area contributed by atoms with Crippen LogP contribution < -0.4 is 5.73 Å². The third kappa shape index (κ3) is 4.15. The van der Waals surface area contributed by atoms with Gasteiger partial charge in [-0.2, -0.15) is 0 Å². The second kappa shape index (κ2) is 6.53. The molecule has 0 bridgehead atoms. The van der Waals surface area contributed by atoms with Crippen LogP contribution in [0.2, 0.25) is 0 Å². The average Bonchev–Trinajstić information content (AvgIpc) is 2.81. The molecule has 2 aliphatic rings. The molecule has 0 amide bonds. The first-order chi connectivity index (χ1) is 9.02. The number of nitrogens with zero attached hydrogens (tertiary/aromatic N) is 2. The standard InChI is InChI=1S/C15H31N3O/c1-13-10-18-9-5-6-14(18)11-17(13)8-4-3-7-15(2,16)12-19/h13-14,19H,3-12,16H2,1-2H3. The number of fused-ring (bicyclic) bond motifs is 1. The van der Waals surface area contributed by atoms with Gasteiger partial charge in [-0.05, 0) is 52.6 Å². The van der Waals surface area contributed by atoms with E-state index in [9.17, 15) is 0 Å². The zero-order valence-electron chi connectivity index (χ0n) is 12.6. The van der Waals surface area contributed by atoms with Crippen molar-refractivity contribution in [2.45, 2.75) is 63.6 Å². The van der Waals surface area contributed by atoms with E-state index in [-0.39, 0.29) is 6.61 Å². The van der Waals surface area contributed by atoms with Crippen LogP contribution in [0.15, 0.2) is 0 Å². The topological polar surface area (TPSA) is 52.7 Å². The van der Waals surface area contributed by atoms with Gasteiger partial charge in [-0.15, -0.1) is 0 Å². The molecule has 0 spiro atoms. The van der Waals surface area contributed by atoms with Crippen LogP contribution in [0.1, 0.15) is 46.0 Å². The van der Waals surface area contributed by atoms with Gasteiger partial charge >= 0.3 is 0 Å². The summed E-state index contributed by atoms with van der Waals surface area (Å²) in [6, 6.07) is 1.50. The van der Waals surface area contributed by atoms with Gasteiger partial charge in [0.1, 0.15) is 0 Å². The lowest BCUT2D eigenvalue weighted by molar-refractivity contribution is 0.0577. The van der Waals surface area contributed by atoms with Gasteiger partial charge in [0.2, 0.25) is 0 Å². The zero-order chi connectivity index (χ0) is 13.9. The Bertz CT molecular complexity index is 283. The molecule has 2 heterocycles. The molecule has 4 heteroatoms. The third-order valence-electron chi connectivity index (χ3n) is 4.87. The fourth-order valence-corrected chi connectivity index (χ4v) is 3.48. The maximum Gasteiger partial charge on any atom is 0.0608 e. The van der Waals surface area contributed by atoms with Gasteiger partial charge in [0.05, 0.1) is 6.61 Å². The van der Waals surface area contributed by atoms with E-state index >= 15 is 0 Å². The number of piperazine rings is 1. The van der Waals surface area contributed by atoms with Crippen LogP contribution in [0, 0.1) is 0 Å². The summed E-state index contributed by atoms with van der Waals surface area (Å²) in [4.78, 5) is 5.32. The Balaban J connectivity index is 1.68. The van der Waals surface area contributed by atoms with Crippen LogP contribution in [-0.4, -0.2) is 65.3 Å². The maximum atomic E-state index is 9.15. The number of aliphatic hydroxyl groups excluding tert-OH is 1. The van der Waals surface area contributed by atoms with Crippen molar-refractivity contribution in [1.82, 2.24) is 9.80 Å². The molecule has 3 N–H and O–H groups in total. The van der Waals surface area contributed by atoms with Crippen molar-refractivity contribution in [3.05, 3.63) is 0 Å². The van der Waals surface area contributed by atoms with E-state index < -0.39 is 5.54 Å². The predicted molar refractivity (Wildman–Crippen MR) is 79.2 cm³/mol. The Kier molecular flexibility index (Phi) is 5.23. The van der Waals surface area contributed by atoms with Crippen molar-refractivity contribution in [2.24, 2.45) is 5.73 Å². The molecule has 112 valence electrons. The Hall–Kier alpha value is -0.160. The summed E-state index contributed by atoms with van der Waals surface area (Å²) in [6.07, 6.45) is 6.00. The molecule has 2 fully saturated rings. The number of hydrogen-bond donors (Lipinski definition) is 2. The van der Waals surface area contributed by atoms with Crippen LogP contribution >= 0.6 is 0 Å². The summed E-state index contributed by atoms with van der Waals surface area (Å²) < 4.78 is 0. The summed E-state index contributed by atoms with van der Waals surface area (Å²) in [5.74, 6) is 0. The molecular formula is C15H31N3O. The molecule has 2 rings (SSSR count). The van der Waals surface area contributed by atoms with Crippen LogP contribution in [0.25, 0.3) is 0 Å². The van der Waals surface area contributed by atoms with Crippen LogP contribution in [-0.2, 0) is 0 Å². The van der Waals surface area contributed by atoms with Gasteiger partial charge in [-0.25, -0.2) is 0 Å². The van der Waals surface area contributed by atoms with Gasteiger partial charge in [0.25, 0.3) is 0 Å². The van der Waals surface area contributed by atoms with Crippen molar-refractivity contribution >= 4 is 0 Å². The molecule has 0 radical (unpaired) electrons. The minimum Gasteiger partial charge on any atom is -0.394 e. The van der Waals surface area contributed by atoms with Gasteiger partial charge in [-0.3, -0.25) is 9.80 Å². The molecule has 0 aromatic carbocycles. The first kappa shape index (κ1) is 15.2. The lowest BCUT2D eigenvalue weighted by Gasteiger charge is -2.42. The fraction of sp³-hybridized carbons (Fsp3) is 1.00. The van der Waals surface area contributed by atoms with Gasteiger partial charge in [-0.1, -0.05) is 6.42 Å². The normalized spacial score (nSPS) is 32.2. The lowest BCUT2D eigenvalue weighted by Crippen LogP contribution is -2.55. The van der Waals surface area contributed by atoms with Crippen molar-refractivity contribution in [3.8, 4) is 0 Å². The van der Waals surface area contributed by atoms with E-state index in [4.69, 9.17) is 10.8 Å². The molecule has 4 nitrogen and oxygen atoms in total.